The highest BCUT2D eigenvalue weighted by Crippen LogP contribution is 2.34. The zero-order valence-electron chi connectivity index (χ0n) is 11.8. The molecule has 110 valence electrons. The minimum absolute atomic E-state index is 0.614. The SMILES string of the molecule is CCCC[N+]12CCO[B-]1(c1ccc(F)c(F)c1)OCC2. The average Bonchev–Trinajstić information content (AvgIpc) is 2.95. The Kier molecular flexibility index (Phi) is 3.56. The molecule has 6 heteroatoms. The molecule has 2 heterocycles. The fourth-order valence-corrected chi connectivity index (χ4v) is 3.72. The van der Waals surface area contributed by atoms with Crippen LogP contribution in [0.4, 0.5) is 8.78 Å². The van der Waals surface area contributed by atoms with Crippen molar-refractivity contribution in [1.29, 1.82) is 0 Å². The molecule has 3 rings (SSSR count). The summed E-state index contributed by atoms with van der Waals surface area (Å²) >= 11 is 0. The van der Waals surface area contributed by atoms with Crippen LogP contribution < -0.4 is 5.46 Å². The van der Waals surface area contributed by atoms with Gasteiger partial charge in [-0.2, -0.15) is 0 Å². The van der Waals surface area contributed by atoms with Crippen LogP contribution in [0, 0.1) is 11.6 Å². The van der Waals surface area contributed by atoms with Crippen molar-refractivity contribution in [1.82, 2.24) is 0 Å². The molecule has 2 aliphatic rings. The number of benzene rings is 1. The Morgan fingerprint density at radius 1 is 1.15 bits per heavy atom. The summed E-state index contributed by atoms with van der Waals surface area (Å²) in [7, 11) is 0. The maximum atomic E-state index is 13.6. The van der Waals surface area contributed by atoms with Gasteiger partial charge in [0.2, 0.25) is 0 Å². The first kappa shape index (κ1) is 14.0. The van der Waals surface area contributed by atoms with Crippen LogP contribution in [-0.4, -0.2) is 43.9 Å². The molecular formula is C14H20BF2NO2. The third-order valence-electron chi connectivity index (χ3n) is 4.80. The lowest BCUT2D eigenvalue weighted by atomic mass is 9.60. The van der Waals surface area contributed by atoms with Crippen LogP contribution in [0.5, 0.6) is 0 Å². The summed E-state index contributed by atoms with van der Waals surface area (Å²) < 4.78 is 39.4. The smallest absolute Gasteiger partial charge is 0.502 e. The molecule has 20 heavy (non-hydrogen) atoms. The highest BCUT2D eigenvalue weighted by Gasteiger charge is 2.59. The minimum atomic E-state index is -1.73. The number of quaternary nitrogens is 1. The first-order valence-electron chi connectivity index (χ1n) is 7.37. The lowest BCUT2D eigenvalue weighted by molar-refractivity contribution is -0.820. The summed E-state index contributed by atoms with van der Waals surface area (Å²) in [6.45, 7) is 4.40. The molecule has 0 atom stereocenters. The van der Waals surface area contributed by atoms with E-state index in [1.807, 2.05) is 0 Å². The molecular weight excluding hydrogens is 263 g/mol. The van der Waals surface area contributed by atoms with Gasteiger partial charge < -0.3 is 13.7 Å². The van der Waals surface area contributed by atoms with E-state index in [0.29, 0.717) is 18.7 Å². The number of hydrogen-bond donors (Lipinski definition) is 0. The highest BCUT2D eigenvalue weighted by atomic mass is 19.2. The normalized spacial score (nSPS) is 32.5. The van der Waals surface area contributed by atoms with Gasteiger partial charge in [-0.05, 0) is 18.6 Å². The predicted octanol–water partition coefficient (Wildman–Crippen LogP) is 1.79. The van der Waals surface area contributed by atoms with E-state index in [9.17, 15) is 8.78 Å². The lowest BCUT2D eigenvalue weighted by Gasteiger charge is -2.47. The van der Waals surface area contributed by atoms with Crippen LogP contribution in [0.2, 0.25) is 0 Å². The third kappa shape index (κ3) is 1.90. The van der Waals surface area contributed by atoms with Gasteiger partial charge in [-0.3, -0.25) is 0 Å². The summed E-state index contributed by atoms with van der Waals surface area (Å²) in [6, 6.07) is 4.01. The summed E-state index contributed by atoms with van der Waals surface area (Å²) in [4.78, 5) is 0. The van der Waals surface area contributed by atoms with Gasteiger partial charge in [0.05, 0.1) is 26.3 Å². The zero-order chi connectivity index (χ0) is 14.2. The van der Waals surface area contributed by atoms with Crippen molar-refractivity contribution in [2.24, 2.45) is 0 Å². The Hall–Kier alpha value is -0.975. The second kappa shape index (κ2) is 5.09. The second-order valence-corrected chi connectivity index (χ2v) is 5.83. The number of rotatable bonds is 4. The average molecular weight is 283 g/mol. The standard InChI is InChI=1S/C14H20BF2NO2/c1-2-3-6-18-7-9-19-15(18,20-10-8-18)12-4-5-13(16)14(17)11-12/h4-5,11H,2-3,6-10H2,1H3. The Balaban J connectivity index is 2.01. The topological polar surface area (TPSA) is 18.5 Å². The molecule has 0 bridgehead atoms. The summed E-state index contributed by atoms with van der Waals surface area (Å²) in [6.07, 6.45) is 2.18. The van der Waals surface area contributed by atoms with Gasteiger partial charge in [-0.1, -0.05) is 24.9 Å². The molecule has 2 saturated heterocycles. The van der Waals surface area contributed by atoms with E-state index in [2.05, 4.69) is 6.92 Å². The minimum Gasteiger partial charge on any atom is -0.505 e. The van der Waals surface area contributed by atoms with Gasteiger partial charge in [-0.15, -0.1) is 0 Å². The third-order valence-corrected chi connectivity index (χ3v) is 4.80. The van der Waals surface area contributed by atoms with Crippen LogP contribution in [0.15, 0.2) is 18.2 Å². The maximum Gasteiger partial charge on any atom is 0.502 e. The number of hydrogen-bond acceptors (Lipinski definition) is 2. The van der Waals surface area contributed by atoms with Crippen molar-refractivity contribution in [3.8, 4) is 0 Å². The summed E-state index contributed by atoms with van der Waals surface area (Å²) in [5.74, 6) is -1.66. The lowest BCUT2D eigenvalue weighted by Crippen LogP contribution is -2.69. The fraction of sp³-hybridized carbons (Fsp3) is 0.571. The Morgan fingerprint density at radius 2 is 1.85 bits per heavy atom. The molecule has 0 amide bonds. The Bertz CT molecular complexity index is 502. The van der Waals surface area contributed by atoms with Gasteiger partial charge >= 0.3 is 6.69 Å². The van der Waals surface area contributed by atoms with E-state index in [0.717, 1.165) is 36.9 Å². The van der Waals surface area contributed by atoms with Gasteiger partial charge in [0, 0.05) is 6.54 Å². The molecule has 2 fully saturated rings. The van der Waals surface area contributed by atoms with E-state index in [-0.39, 0.29) is 0 Å². The van der Waals surface area contributed by atoms with E-state index < -0.39 is 18.3 Å². The second-order valence-electron chi connectivity index (χ2n) is 5.83. The molecule has 0 aliphatic carbocycles. The van der Waals surface area contributed by atoms with Gasteiger partial charge in [0.15, 0.2) is 11.6 Å². The Morgan fingerprint density at radius 3 is 2.45 bits per heavy atom. The van der Waals surface area contributed by atoms with E-state index >= 15 is 0 Å². The highest BCUT2D eigenvalue weighted by molar-refractivity contribution is 6.75. The van der Waals surface area contributed by atoms with Crippen molar-refractivity contribution < 1.29 is 22.5 Å². The van der Waals surface area contributed by atoms with Crippen LogP contribution in [0.3, 0.4) is 0 Å². The van der Waals surface area contributed by atoms with Gasteiger partial charge in [0.25, 0.3) is 0 Å². The molecule has 2 aliphatic heterocycles. The molecule has 0 spiro atoms. The Labute approximate surface area is 118 Å². The quantitative estimate of drug-likeness (QED) is 0.784. The maximum absolute atomic E-state index is 13.6. The van der Waals surface area contributed by atoms with Crippen molar-refractivity contribution in [3.63, 3.8) is 0 Å². The van der Waals surface area contributed by atoms with E-state index in [1.165, 1.54) is 12.1 Å². The number of fused-ring (bicyclic) bond motifs is 1. The number of halogens is 2. The van der Waals surface area contributed by atoms with Crippen LogP contribution in [-0.2, 0) is 9.31 Å². The van der Waals surface area contributed by atoms with E-state index in [4.69, 9.17) is 9.31 Å². The number of nitrogens with zero attached hydrogens (tertiary/aromatic N) is 1. The monoisotopic (exact) mass is 283 g/mol. The van der Waals surface area contributed by atoms with Crippen molar-refractivity contribution in [2.45, 2.75) is 19.8 Å². The molecule has 0 N–H and O–H groups in total. The predicted molar refractivity (Wildman–Crippen MR) is 73.4 cm³/mol. The van der Waals surface area contributed by atoms with Crippen molar-refractivity contribution in [3.05, 3.63) is 29.8 Å². The van der Waals surface area contributed by atoms with Crippen molar-refractivity contribution in [2.75, 3.05) is 32.8 Å². The van der Waals surface area contributed by atoms with E-state index in [1.54, 1.807) is 6.07 Å². The summed E-state index contributed by atoms with van der Waals surface area (Å²) in [5, 5.41) is 0. The molecule has 1 aromatic carbocycles. The molecule has 0 unspecified atom stereocenters. The molecule has 1 aromatic rings. The first-order valence-corrected chi connectivity index (χ1v) is 7.37. The molecule has 0 saturated carbocycles. The zero-order valence-corrected chi connectivity index (χ0v) is 11.8. The van der Waals surface area contributed by atoms with Crippen LogP contribution in [0.25, 0.3) is 0 Å². The van der Waals surface area contributed by atoms with Crippen LogP contribution >= 0.6 is 0 Å². The van der Waals surface area contributed by atoms with Gasteiger partial charge in [0.1, 0.15) is 0 Å². The fourth-order valence-electron chi connectivity index (χ4n) is 3.72. The molecule has 0 radical (unpaired) electrons. The summed E-state index contributed by atoms with van der Waals surface area (Å²) in [5.41, 5.74) is 0.648. The first-order chi connectivity index (χ1) is 9.63. The molecule has 0 aromatic heterocycles. The molecule has 3 nitrogen and oxygen atoms in total. The largest absolute Gasteiger partial charge is 0.505 e. The van der Waals surface area contributed by atoms with Crippen LogP contribution in [0.1, 0.15) is 19.8 Å². The van der Waals surface area contributed by atoms with Gasteiger partial charge in [-0.25, -0.2) is 8.78 Å². The number of unbranched alkanes of at least 4 members (excludes halogenated alkanes) is 1. The van der Waals surface area contributed by atoms with Crippen molar-refractivity contribution >= 4 is 12.1 Å².